The Morgan fingerprint density at radius 2 is 1.25 bits per heavy atom. The van der Waals surface area contributed by atoms with Crippen LogP contribution in [0, 0.1) is 0 Å². The van der Waals surface area contributed by atoms with E-state index in [0.29, 0.717) is 5.78 Å². The van der Waals surface area contributed by atoms with Crippen LogP contribution >= 0.6 is 23.5 Å². The first-order chi connectivity index (χ1) is 7.81. The van der Waals surface area contributed by atoms with Crippen molar-refractivity contribution in [3.8, 4) is 0 Å². The minimum absolute atomic E-state index is 0.475. The summed E-state index contributed by atoms with van der Waals surface area (Å²) < 4.78 is 0. The summed E-state index contributed by atoms with van der Waals surface area (Å²) in [6.45, 7) is 4.37. The predicted molar refractivity (Wildman–Crippen MR) is 78.7 cm³/mol. The van der Waals surface area contributed by atoms with Gasteiger partial charge in [-0.2, -0.15) is 23.5 Å². The number of carbonyl (C=O) groups excluding carboxylic acids is 1. The van der Waals surface area contributed by atoms with Crippen molar-refractivity contribution < 1.29 is 4.79 Å². The van der Waals surface area contributed by atoms with Crippen molar-refractivity contribution in [2.24, 2.45) is 0 Å². The van der Waals surface area contributed by atoms with Crippen LogP contribution in [0.5, 0.6) is 0 Å². The van der Waals surface area contributed by atoms with Gasteiger partial charge in [0.1, 0.15) is 5.78 Å². The molecule has 16 heavy (non-hydrogen) atoms. The molecule has 0 spiro atoms. The van der Waals surface area contributed by atoms with Crippen LogP contribution in [0.1, 0.15) is 52.4 Å². The first kappa shape index (κ1) is 16.4. The van der Waals surface area contributed by atoms with Gasteiger partial charge in [-0.3, -0.25) is 4.79 Å². The third kappa shape index (κ3) is 12.4. The van der Waals surface area contributed by atoms with Crippen LogP contribution in [-0.2, 0) is 4.79 Å². The van der Waals surface area contributed by atoms with Crippen LogP contribution in [0.15, 0.2) is 0 Å². The lowest BCUT2D eigenvalue weighted by molar-refractivity contribution is -0.119. The fraction of sp³-hybridized carbons (Fsp3) is 0.923. The Morgan fingerprint density at radius 1 is 0.812 bits per heavy atom. The van der Waals surface area contributed by atoms with E-state index in [1.54, 1.807) is 0 Å². The summed E-state index contributed by atoms with van der Waals surface area (Å²) in [4.78, 5) is 11.5. The van der Waals surface area contributed by atoms with Crippen LogP contribution in [0.4, 0.5) is 0 Å². The second-order valence-electron chi connectivity index (χ2n) is 3.85. The molecule has 0 saturated carbocycles. The Morgan fingerprint density at radius 3 is 1.62 bits per heavy atom. The molecule has 0 aliphatic rings. The molecule has 0 heterocycles. The SMILES string of the molecule is CCSCCCCC(=O)CCCCSCC. The molecule has 0 fully saturated rings. The van der Waals surface area contributed by atoms with Gasteiger partial charge < -0.3 is 0 Å². The van der Waals surface area contributed by atoms with Crippen LogP contribution < -0.4 is 0 Å². The van der Waals surface area contributed by atoms with Gasteiger partial charge in [0.15, 0.2) is 0 Å². The van der Waals surface area contributed by atoms with Crippen LogP contribution in [0.3, 0.4) is 0 Å². The van der Waals surface area contributed by atoms with Crippen molar-refractivity contribution in [3.05, 3.63) is 0 Å². The number of unbranched alkanes of at least 4 members (excludes halogenated alkanes) is 2. The monoisotopic (exact) mass is 262 g/mol. The molecule has 0 amide bonds. The number of hydrogen-bond acceptors (Lipinski definition) is 3. The van der Waals surface area contributed by atoms with Crippen LogP contribution in [-0.4, -0.2) is 28.8 Å². The minimum atomic E-state index is 0.475. The lowest BCUT2D eigenvalue weighted by Crippen LogP contribution is -1.98. The molecule has 0 aromatic heterocycles. The van der Waals surface area contributed by atoms with Crippen molar-refractivity contribution >= 4 is 29.3 Å². The molecule has 0 N–H and O–H groups in total. The summed E-state index contributed by atoms with van der Waals surface area (Å²) in [6.07, 6.45) is 6.22. The lowest BCUT2D eigenvalue weighted by Gasteiger charge is -2.01. The standard InChI is InChI=1S/C13H26OS2/c1-3-15-11-7-5-9-13(14)10-6-8-12-16-4-2/h3-12H2,1-2H3. The van der Waals surface area contributed by atoms with E-state index in [1.165, 1.54) is 35.9 Å². The minimum Gasteiger partial charge on any atom is -0.300 e. The van der Waals surface area contributed by atoms with E-state index in [9.17, 15) is 4.79 Å². The largest absolute Gasteiger partial charge is 0.300 e. The second-order valence-corrected chi connectivity index (χ2v) is 6.63. The summed E-state index contributed by atoms with van der Waals surface area (Å²) in [6, 6.07) is 0. The van der Waals surface area contributed by atoms with Gasteiger partial charge >= 0.3 is 0 Å². The summed E-state index contributed by atoms with van der Waals surface area (Å²) >= 11 is 3.95. The number of hydrogen-bond donors (Lipinski definition) is 0. The van der Waals surface area contributed by atoms with Gasteiger partial charge in [-0.25, -0.2) is 0 Å². The zero-order chi connectivity index (χ0) is 12.1. The van der Waals surface area contributed by atoms with E-state index in [1.807, 2.05) is 23.5 Å². The van der Waals surface area contributed by atoms with E-state index in [2.05, 4.69) is 13.8 Å². The van der Waals surface area contributed by atoms with E-state index in [-0.39, 0.29) is 0 Å². The zero-order valence-electron chi connectivity index (χ0n) is 10.8. The van der Waals surface area contributed by atoms with Crippen molar-refractivity contribution in [2.75, 3.05) is 23.0 Å². The summed E-state index contributed by atoms with van der Waals surface area (Å²) in [5, 5.41) is 0. The van der Waals surface area contributed by atoms with E-state index < -0.39 is 0 Å². The smallest absolute Gasteiger partial charge is 0.132 e. The summed E-state index contributed by atoms with van der Waals surface area (Å²) in [5.74, 6) is 5.31. The summed E-state index contributed by atoms with van der Waals surface area (Å²) in [7, 11) is 0. The molecule has 0 rings (SSSR count). The van der Waals surface area contributed by atoms with Crippen molar-refractivity contribution in [3.63, 3.8) is 0 Å². The molecule has 0 aromatic rings. The molecular formula is C13H26OS2. The maximum atomic E-state index is 11.5. The van der Waals surface area contributed by atoms with Gasteiger partial charge in [-0.1, -0.05) is 13.8 Å². The van der Waals surface area contributed by atoms with Gasteiger partial charge in [-0.05, 0) is 48.7 Å². The van der Waals surface area contributed by atoms with E-state index in [4.69, 9.17) is 0 Å². The predicted octanol–water partition coefficient (Wildman–Crippen LogP) is 4.40. The summed E-state index contributed by atoms with van der Waals surface area (Å²) in [5.41, 5.74) is 0. The van der Waals surface area contributed by atoms with Gasteiger partial charge in [0.2, 0.25) is 0 Å². The van der Waals surface area contributed by atoms with Crippen molar-refractivity contribution in [1.29, 1.82) is 0 Å². The molecule has 1 nitrogen and oxygen atoms in total. The molecule has 0 aliphatic heterocycles. The number of thioether (sulfide) groups is 2. The first-order valence-electron chi connectivity index (χ1n) is 6.48. The quantitative estimate of drug-likeness (QED) is 0.485. The van der Waals surface area contributed by atoms with Crippen LogP contribution in [0.2, 0.25) is 0 Å². The lowest BCUT2D eigenvalue weighted by atomic mass is 10.1. The van der Waals surface area contributed by atoms with Gasteiger partial charge in [0.05, 0.1) is 0 Å². The zero-order valence-corrected chi connectivity index (χ0v) is 12.4. The number of Topliss-reactive ketones (excluding diaryl/α,β-unsaturated/α-hetero) is 1. The maximum Gasteiger partial charge on any atom is 0.132 e. The molecule has 0 unspecified atom stereocenters. The second kappa shape index (κ2) is 13.4. The van der Waals surface area contributed by atoms with E-state index >= 15 is 0 Å². The third-order valence-electron chi connectivity index (χ3n) is 2.40. The Bertz CT molecular complexity index is 144. The number of rotatable bonds is 12. The van der Waals surface area contributed by atoms with Gasteiger partial charge in [0, 0.05) is 12.8 Å². The molecule has 0 radical (unpaired) electrons. The Kier molecular flexibility index (Phi) is 13.7. The van der Waals surface area contributed by atoms with Gasteiger partial charge in [-0.15, -0.1) is 0 Å². The Balaban J connectivity index is 3.12. The highest BCUT2D eigenvalue weighted by molar-refractivity contribution is 7.99. The maximum absolute atomic E-state index is 11.5. The number of ketones is 1. The van der Waals surface area contributed by atoms with Gasteiger partial charge in [0.25, 0.3) is 0 Å². The highest BCUT2D eigenvalue weighted by atomic mass is 32.2. The highest BCUT2D eigenvalue weighted by Crippen LogP contribution is 2.09. The average molecular weight is 262 g/mol. The van der Waals surface area contributed by atoms with Crippen LogP contribution in [0.25, 0.3) is 0 Å². The highest BCUT2D eigenvalue weighted by Gasteiger charge is 2.01. The molecule has 0 aromatic carbocycles. The fourth-order valence-electron chi connectivity index (χ4n) is 1.47. The molecule has 0 bridgehead atoms. The molecule has 0 saturated heterocycles. The molecule has 96 valence electrons. The topological polar surface area (TPSA) is 17.1 Å². The first-order valence-corrected chi connectivity index (χ1v) is 8.79. The van der Waals surface area contributed by atoms with Crippen molar-refractivity contribution in [1.82, 2.24) is 0 Å². The molecule has 0 atom stereocenters. The fourth-order valence-corrected chi connectivity index (χ4v) is 2.86. The normalized spacial score (nSPS) is 10.6. The average Bonchev–Trinajstić information content (AvgIpc) is 2.28. The Hall–Kier alpha value is 0.370. The molecule has 3 heteroatoms. The number of carbonyl (C=O) groups is 1. The van der Waals surface area contributed by atoms with Crippen molar-refractivity contribution in [2.45, 2.75) is 52.4 Å². The molecule has 0 aliphatic carbocycles. The Labute approximate surface area is 110 Å². The third-order valence-corrected chi connectivity index (χ3v) is 4.37. The molecular weight excluding hydrogens is 236 g/mol. The van der Waals surface area contributed by atoms with E-state index in [0.717, 1.165) is 25.7 Å².